The molecule has 0 saturated carbocycles. The summed E-state index contributed by atoms with van der Waals surface area (Å²) < 4.78 is 4.93. The summed E-state index contributed by atoms with van der Waals surface area (Å²) in [5.41, 5.74) is 8.91. The number of nitrogens with zero attached hydrogens (tertiary/aromatic N) is 1. The Hall–Kier alpha value is -1.61. The Balaban J connectivity index is 2.17. The lowest BCUT2D eigenvalue weighted by molar-refractivity contribution is 0.558. The van der Waals surface area contributed by atoms with Gasteiger partial charge in [0.25, 0.3) is 0 Å². The van der Waals surface area contributed by atoms with E-state index in [1.54, 1.807) is 6.26 Å². The van der Waals surface area contributed by atoms with Gasteiger partial charge in [-0.3, -0.25) is 0 Å². The molecule has 0 saturated heterocycles. The summed E-state index contributed by atoms with van der Waals surface area (Å²) in [6.45, 7) is 2.01. The third-order valence-electron chi connectivity index (χ3n) is 2.24. The Morgan fingerprint density at radius 1 is 1.33 bits per heavy atom. The van der Waals surface area contributed by atoms with Crippen LogP contribution in [0.4, 0.5) is 0 Å². The zero-order valence-electron chi connectivity index (χ0n) is 8.68. The van der Waals surface area contributed by atoms with Crippen molar-refractivity contribution >= 4 is 0 Å². The summed E-state index contributed by atoms with van der Waals surface area (Å²) in [5.74, 6) is 0. The average molecular weight is 202 g/mol. The molecule has 2 N–H and O–H groups in total. The van der Waals surface area contributed by atoms with E-state index in [1.165, 1.54) is 12.0 Å². The van der Waals surface area contributed by atoms with Crippen LogP contribution in [0.15, 0.2) is 41.3 Å². The molecule has 15 heavy (non-hydrogen) atoms. The molecule has 0 aliphatic rings. The number of nitrogens with two attached hydrogens (primary N) is 1. The highest BCUT2D eigenvalue weighted by Gasteiger charge is 2.01. The molecule has 1 atom stereocenters. The van der Waals surface area contributed by atoms with Gasteiger partial charge in [-0.25, -0.2) is 4.98 Å². The number of benzene rings is 1. The number of hydrogen-bond donors (Lipinski definition) is 1. The fourth-order valence-electron chi connectivity index (χ4n) is 1.54. The number of rotatable bonds is 3. The molecule has 1 unspecified atom stereocenters. The van der Waals surface area contributed by atoms with E-state index < -0.39 is 0 Å². The lowest BCUT2D eigenvalue weighted by Crippen LogP contribution is -2.17. The SMILES string of the molecule is CC(N)Cc1ccc(-c2cocn2)cc1. The van der Waals surface area contributed by atoms with Crippen molar-refractivity contribution in [3.63, 3.8) is 0 Å². The molecule has 0 amide bonds. The number of hydrogen-bond acceptors (Lipinski definition) is 3. The first-order valence-corrected chi connectivity index (χ1v) is 4.99. The molecule has 0 radical (unpaired) electrons. The Labute approximate surface area is 88.9 Å². The maximum atomic E-state index is 5.73. The van der Waals surface area contributed by atoms with Crippen molar-refractivity contribution in [3.8, 4) is 11.3 Å². The zero-order valence-corrected chi connectivity index (χ0v) is 8.68. The highest BCUT2D eigenvalue weighted by atomic mass is 16.3. The fraction of sp³-hybridized carbons (Fsp3) is 0.250. The van der Waals surface area contributed by atoms with Gasteiger partial charge >= 0.3 is 0 Å². The molecular formula is C12H14N2O. The minimum absolute atomic E-state index is 0.197. The lowest BCUT2D eigenvalue weighted by Gasteiger charge is -2.05. The molecule has 2 aromatic rings. The third kappa shape index (κ3) is 2.44. The molecule has 0 spiro atoms. The smallest absolute Gasteiger partial charge is 0.181 e. The van der Waals surface area contributed by atoms with Crippen molar-refractivity contribution in [2.75, 3.05) is 0 Å². The molecule has 1 aromatic heterocycles. The van der Waals surface area contributed by atoms with Crippen LogP contribution < -0.4 is 5.73 Å². The average Bonchev–Trinajstić information content (AvgIpc) is 2.71. The van der Waals surface area contributed by atoms with Gasteiger partial charge in [0.1, 0.15) is 12.0 Å². The van der Waals surface area contributed by atoms with Crippen LogP contribution in [0.3, 0.4) is 0 Å². The molecule has 0 fully saturated rings. The van der Waals surface area contributed by atoms with Crippen LogP contribution in [0, 0.1) is 0 Å². The Kier molecular flexibility index (Phi) is 2.83. The summed E-state index contributed by atoms with van der Waals surface area (Å²) in [6.07, 6.45) is 3.98. The normalized spacial score (nSPS) is 12.7. The predicted molar refractivity (Wildman–Crippen MR) is 59.3 cm³/mol. The van der Waals surface area contributed by atoms with E-state index in [2.05, 4.69) is 17.1 Å². The van der Waals surface area contributed by atoms with Crippen molar-refractivity contribution in [3.05, 3.63) is 42.5 Å². The quantitative estimate of drug-likeness (QED) is 0.830. The topological polar surface area (TPSA) is 52.0 Å². The van der Waals surface area contributed by atoms with Gasteiger partial charge in [-0.1, -0.05) is 24.3 Å². The first kappa shape index (κ1) is 9.93. The molecule has 0 aliphatic heterocycles. The molecule has 0 aliphatic carbocycles. The van der Waals surface area contributed by atoms with E-state index in [0.29, 0.717) is 0 Å². The van der Waals surface area contributed by atoms with Gasteiger partial charge in [0.2, 0.25) is 0 Å². The second-order valence-corrected chi connectivity index (χ2v) is 3.75. The zero-order chi connectivity index (χ0) is 10.7. The van der Waals surface area contributed by atoms with Crippen molar-refractivity contribution in [1.29, 1.82) is 0 Å². The molecule has 0 bridgehead atoms. The summed E-state index contributed by atoms with van der Waals surface area (Å²) in [5, 5.41) is 0. The van der Waals surface area contributed by atoms with Gasteiger partial charge in [-0.15, -0.1) is 0 Å². The van der Waals surface area contributed by atoms with Crippen LogP contribution in [0.2, 0.25) is 0 Å². The van der Waals surface area contributed by atoms with Crippen molar-refractivity contribution in [2.24, 2.45) is 5.73 Å². The van der Waals surface area contributed by atoms with Crippen LogP contribution in [-0.2, 0) is 6.42 Å². The molecule has 1 heterocycles. The van der Waals surface area contributed by atoms with E-state index in [0.717, 1.165) is 17.7 Å². The Bertz CT molecular complexity index is 404. The van der Waals surface area contributed by atoms with E-state index in [4.69, 9.17) is 10.2 Å². The Morgan fingerprint density at radius 3 is 2.60 bits per heavy atom. The molecule has 3 nitrogen and oxygen atoms in total. The minimum atomic E-state index is 0.197. The van der Waals surface area contributed by atoms with Gasteiger partial charge in [-0.05, 0) is 18.9 Å². The monoisotopic (exact) mass is 202 g/mol. The van der Waals surface area contributed by atoms with Crippen LogP contribution in [-0.4, -0.2) is 11.0 Å². The summed E-state index contributed by atoms with van der Waals surface area (Å²) in [6, 6.07) is 8.43. The highest BCUT2D eigenvalue weighted by Crippen LogP contribution is 2.17. The van der Waals surface area contributed by atoms with E-state index in [9.17, 15) is 0 Å². The predicted octanol–water partition coefficient (Wildman–Crippen LogP) is 2.23. The third-order valence-corrected chi connectivity index (χ3v) is 2.24. The van der Waals surface area contributed by atoms with E-state index >= 15 is 0 Å². The summed E-state index contributed by atoms with van der Waals surface area (Å²) in [4.78, 5) is 4.09. The lowest BCUT2D eigenvalue weighted by atomic mass is 10.0. The fourth-order valence-corrected chi connectivity index (χ4v) is 1.54. The first-order chi connectivity index (χ1) is 7.25. The maximum absolute atomic E-state index is 5.73. The van der Waals surface area contributed by atoms with Crippen molar-refractivity contribution < 1.29 is 4.42 Å². The summed E-state index contributed by atoms with van der Waals surface area (Å²) in [7, 11) is 0. The van der Waals surface area contributed by atoms with Gasteiger partial charge in [-0.2, -0.15) is 0 Å². The largest absolute Gasteiger partial charge is 0.451 e. The number of aromatic nitrogens is 1. The molecule has 78 valence electrons. The highest BCUT2D eigenvalue weighted by molar-refractivity contribution is 5.57. The second kappa shape index (κ2) is 4.28. The molecule has 3 heteroatoms. The Morgan fingerprint density at radius 2 is 2.07 bits per heavy atom. The van der Waals surface area contributed by atoms with Crippen LogP contribution in [0.5, 0.6) is 0 Å². The van der Waals surface area contributed by atoms with Gasteiger partial charge in [0.05, 0.1) is 0 Å². The molecular weight excluding hydrogens is 188 g/mol. The van der Waals surface area contributed by atoms with E-state index in [1.807, 2.05) is 19.1 Å². The van der Waals surface area contributed by atoms with Crippen molar-refractivity contribution in [2.45, 2.75) is 19.4 Å². The molecule has 1 aromatic carbocycles. The van der Waals surface area contributed by atoms with Gasteiger partial charge < -0.3 is 10.2 Å². The van der Waals surface area contributed by atoms with Crippen LogP contribution in [0.25, 0.3) is 11.3 Å². The van der Waals surface area contributed by atoms with E-state index in [-0.39, 0.29) is 6.04 Å². The second-order valence-electron chi connectivity index (χ2n) is 3.75. The molecule has 2 rings (SSSR count). The van der Waals surface area contributed by atoms with Crippen molar-refractivity contribution in [1.82, 2.24) is 4.98 Å². The standard InChI is InChI=1S/C12H14N2O/c1-9(13)6-10-2-4-11(5-3-10)12-7-15-8-14-12/h2-5,7-9H,6,13H2,1H3. The first-order valence-electron chi connectivity index (χ1n) is 4.99. The number of oxazole rings is 1. The van der Waals surface area contributed by atoms with Gasteiger partial charge in [0.15, 0.2) is 6.39 Å². The van der Waals surface area contributed by atoms with Crippen LogP contribution >= 0.6 is 0 Å². The summed E-state index contributed by atoms with van der Waals surface area (Å²) >= 11 is 0. The van der Waals surface area contributed by atoms with Crippen LogP contribution in [0.1, 0.15) is 12.5 Å². The van der Waals surface area contributed by atoms with Gasteiger partial charge in [0, 0.05) is 11.6 Å². The minimum Gasteiger partial charge on any atom is -0.451 e. The maximum Gasteiger partial charge on any atom is 0.181 e.